The molecule has 0 aromatic rings. The van der Waals surface area contributed by atoms with Gasteiger partial charge in [0.1, 0.15) is 24.0 Å². The number of esters is 1. The van der Waals surface area contributed by atoms with Crippen LogP contribution in [0, 0.1) is 29.6 Å². The molecule has 0 spiro atoms. The largest absolute Gasteiger partial charge is 0.456 e. The number of carbonyl (C=O) groups is 4. The number of cyclic esters (lactones) is 1. The van der Waals surface area contributed by atoms with Gasteiger partial charge >= 0.3 is 5.97 Å². The Hall–Kier alpha value is -2.70. The van der Waals surface area contributed by atoms with E-state index in [9.17, 15) is 29.4 Å². The van der Waals surface area contributed by atoms with E-state index in [1.807, 2.05) is 26.8 Å². The normalized spacial score (nSPS) is 39.8. The number of fused-ring (bicyclic) bond motifs is 3. The second kappa shape index (κ2) is 19.9. The number of piperidine rings is 1. The number of allylic oxidation sites excluding steroid dienone is 4. The monoisotopic (exact) mass is 757 g/mol. The van der Waals surface area contributed by atoms with Crippen molar-refractivity contribution in [3.8, 4) is 0 Å². The summed E-state index contributed by atoms with van der Waals surface area (Å²) in [6.45, 7) is 13.7. The Balaban J connectivity index is 1.74. The summed E-state index contributed by atoms with van der Waals surface area (Å²) in [5.74, 6) is -6.14. The van der Waals surface area contributed by atoms with Gasteiger partial charge in [-0.3, -0.25) is 14.4 Å². The molecule has 3 aliphatic heterocycles. The number of amides is 1. The molecule has 3 heterocycles. The minimum absolute atomic E-state index is 0.0749. The van der Waals surface area contributed by atoms with Gasteiger partial charge in [-0.2, -0.15) is 0 Å². The van der Waals surface area contributed by atoms with E-state index in [-0.39, 0.29) is 48.5 Å². The number of nitrogens with zero attached hydrogens (tertiary/aromatic N) is 1. The second-order valence-electron chi connectivity index (χ2n) is 16.8. The Morgan fingerprint density at radius 3 is 2.31 bits per heavy atom. The summed E-state index contributed by atoms with van der Waals surface area (Å²) >= 11 is 0. The standard InChI is InChI=1S/C43H67NO10/c1-9-12-32-22-26(2)21-27(3)23-36(51-7)39-37(52-8)25-30(6)43(50,54-39)40(47)41(48)44-20-11-10-13-34(44)42(49)53-38(28(4)14-19-35(32)46)29(5)24-31-15-17-33(45)18-16-31/h9,22,24,27-28,30-34,36-39,45,50H,1,10-21,23,25H2,2-8H3/b26-22+,29-24+/t27-,28+,30?,31?,32+,33?,34?,36-,37?,38-,39?,43?/m0/s1. The Morgan fingerprint density at radius 1 is 1.00 bits per heavy atom. The highest BCUT2D eigenvalue weighted by Gasteiger charge is 2.56. The number of hydrogen-bond acceptors (Lipinski definition) is 10. The van der Waals surface area contributed by atoms with Crippen LogP contribution in [0.2, 0.25) is 0 Å². The maximum atomic E-state index is 14.2. The molecule has 2 bridgehead atoms. The maximum Gasteiger partial charge on any atom is 0.329 e. The molecule has 0 radical (unpaired) electrons. The molecule has 4 rings (SSSR count). The van der Waals surface area contributed by atoms with Crippen LogP contribution in [-0.2, 0) is 38.1 Å². The van der Waals surface area contributed by atoms with E-state index in [1.54, 1.807) is 27.2 Å². The third-order valence-electron chi connectivity index (χ3n) is 12.4. The molecular weight excluding hydrogens is 690 g/mol. The van der Waals surface area contributed by atoms with Crippen molar-refractivity contribution in [1.29, 1.82) is 0 Å². The molecule has 1 aliphatic carbocycles. The molecule has 304 valence electrons. The summed E-state index contributed by atoms with van der Waals surface area (Å²) in [6, 6.07) is -1.03. The number of methoxy groups -OCH3 is 2. The van der Waals surface area contributed by atoms with Gasteiger partial charge in [0, 0.05) is 39.0 Å². The topological polar surface area (TPSA) is 149 Å². The van der Waals surface area contributed by atoms with E-state index >= 15 is 0 Å². The van der Waals surface area contributed by atoms with Gasteiger partial charge in [0.2, 0.25) is 5.79 Å². The van der Waals surface area contributed by atoms with Crippen molar-refractivity contribution in [2.45, 2.75) is 160 Å². The summed E-state index contributed by atoms with van der Waals surface area (Å²) in [5.41, 5.74) is 1.92. The van der Waals surface area contributed by atoms with Crippen molar-refractivity contribution in [3.63, 3.8) is 0 Å². The molecule has 2 saturated heterocycles. The quantitative estimate of drug-likeness (QED) is 0.187. The third kappa shape index (κ3) is 10.8. The zero-order chi connectivity index (χ0) is 39.7. The Bertz CT molecular complexity index is 1380. The summed E-state index contributed by atoms with van der Waals surface area (Å²) in [5, 5.41) is 22.1. The minimum atomic E-state index is -2.46. The lowest BCUT2D eigenvalue weighted by atomic mass is 9.82. The van der Waals surface area contributed by atoms with Gasteiger partial charge < -0.3 is 34.1 Å². The highest BCUT2D eigenvalue weighted by atomic mass is 16.7. The second-order valence-corrected chi connectivity index (χ2v) is 16.8. The molecule has 0 aromatic carbocycles. The van der Waals surface area contributed by atoms with E-state index < -0.39 is 59.8 Å². The molecule has 11 heteroatoms. The lowest BCUT2D eigenvalue weighted by molar-refractivity contribution is -0.302. The zero-order valence-electron chi connectivity index (χ0n) is 33.8. The van der Waals surface area contributed by atoms with Crippen LogP contribution in [0.15, 0.2) is 36.0 Å². The first-order valence-corrected chi connectivity index (χ1v) is 20.3. The molecule has 54 heavy (non-hydrogen) atoms. The van der Waals surface area contributed by atoms with E-state index in [0.29, 0.717) is 64.2 Å². The van der Waals surface area contributed by atoms with Gasteiger partial charge in [-0.05, 0) is 114 Å². The number of carbonyl (C=O) groups excluding carboxylic acids is 4. The highest BCUT2D eigenvalue weighted by molar-refractivity contribution is 6.39. The van der Waals surface area contributed by atoms with Crippen molar-refractivity contribution in [3.05, 3.63) is 36.0 Å². The Kier molecular flexibility index (Phi) is 16.3. The van der Waals surface area contributed by atoms with Crippen molar-refractivity contribution in [1.82, 2.24) is 4.90 Å². The molecule has 5 unspecified atom stereocenters. The predicted octanol–water partition coefficient (Wildman–Crippen LogP) is 6.04. The first-order valence-electron chi connectivity index (χ1n) is 20.3. The number of ketones is 2. The fourth-order valence-corrected chi connectivity index (χ4v) is 9.15. The molecule has 1 saturated carbocycles. The average molecular weight is 758 g/mol. The maximum absolute atomic E-state index is 14.2. The predicted molar refractivity (Wildman–Crippen MR) is 205 cm³/mol. The lowest BCUT2D eigenvalue weighted by Gasteiger charge is -2.47. The minimum Gasteiger partial charge on any atom is -0.456 e. The molecule has 1 amide bonds. The van der Waals surface area contributed by atoms with Crippen molar-refractivity contribution >= 4 is 23.4 Å². The van der Waals surface area contributed by atoms with Crippen LogP contribution in [-0.4, -0.2) is 102 Å². The number of ether oxygens (including phenoxy) is 4. The van der Waals surface area contributed by atoms with E-state index in [2.05, 4.69) is 19.6 Å². The van der Waals surface area contributed by atoms with Gasteiger partial charge in [-0.1, -0.05) is 44.6 Å². The van der Waals surface area contributed by atoms with Gasteiger partial charge in [-0.15, -0.1) is 6.58 Å². The fourth-order valence-electron chi connectivity index (χ4n) is 9.15. The summed E-state index contributed by atoms with van der Waals surface area (Å²) in [4.78, 5) is 57.6. The van der Waals surface area contributed by atoms with Crippen LogP contribution in [0.25, 0.3) is 0 Å². The van der Waals surface area contributed by atoms with E-state index in [4.69, 9.17) is 18.9 Å². The van der Waals surface area contributed by atoms with E-state index in [0.717, 1.165) is 24.0 Å². The number of aliphatic hydroxyl groups is 2. The summed E-state index contributed by atoms with van der Waals surface area (Å²) in [7, 11) is 3.10. The number of rotatable bonds is 6. The number of aliphatic hydroxyl groups excluding tert-OH is 1. The molecule has 0 aromatic heterocycles. The SMILES string of the molecule is C=CC[C@@H]1/C=C(\C)C[C@H](C)C[C@H](OC)C2OC(O)(C(=O)C(=O)N3CCCCC3C(=O)O[C@H](/C(C)=C/C3CCC(O)CC3)[C@H](C)CCC1=O)C(C)CC2OC. The molecule has 3 fully saturated rings. The molecule has 10 atom stereocenters. The number of hydrogen-bond donors (Lipinski definition) is 2. The van der Waals surface area contributed by atoms with Crippen LogP contribution in [0.1, 0.15) is 118 Å². The summed E-state index contributed by atoms with van der Waals surface area (Å²) < 4.78 is 24.3. The van der Waals surface area contributed by atoms with E-state index in [1.165, 1.54) is 4.90 Å². The van der Waals surface area contributed by atoms with Crippen LogP contribution in [0.4, 0.5) is 0 Å². The molecular formula is C43H67NO10. The zero-order valence-corrected chi connectivity index (χ0v) is 33.8. The summed E-state index contributed by atoms with van der Waals surface area (Å²) in [6.07, 6.45) is 10.3. The van der Waals surface area contributed by atoms with Crippen LogP contribution in [0.5, 0.6) is 0 Å². The third-order valence-corrected chi connectivity index (χ3v) is 12.4. The Morgan fingerprint density at radius 2 is 1.67 bits per heavy atom. The highest BCUT2D eigenvalue weighted by Crippen LogP contribution is 2.39. The molecule has 11 nitrogen and oxygen atoms in total. The van der Waals surface area contributed by atoms with Crippen LogP contribution < -0.4 is 0 Å². The van der Waals surface area contributed by atoms with Crippen molar-refractivity contribution in [2.75, 3.05) is 20.8 Å². The van der Waals surface area contributed by atoms with Crippen LogP contribution in [0.3, 0.4) is 0 Å². The molecule has 2 N–H and O–H groups in total. The van der Waals surface area contributed by atoms with Crippen LogP contribution >= 0.6 is 0 Å². The van der Waals surface area contributed by atoms with Gasteiger partial charge in [-0.25, -0.2) is 4.79 Å². The van der Waals surface area contributed by atoms with Gasteiger partial charge in [0.15, 0.2) is 0 Å². The molecule has 4 aliphatic rings. The van der Waals surface area contributed by atoms with Gasteiger partial charge in [0.25, 0.3) is 11.7 Å². The first kappa shape index (κ1) is 44.0. The fraction of sp³-hybridized carbons (Fsp3) is 0.767. The van der Waals surface area contributed by atoms with Crippen molar-refractivity contribution < 1.29 is 48.3 Å². The smallest absolute Gasteiger partial charge is 0.329 e. The van der Waals surface area contributed by atoms with Crippen molar-refractivity contribution in [2.24, 2.45) is 29.6 Å². The average Bonchev–Trinajstić information content (AvgIpc) is 3.15. The lowest BCUT2D eigenvalue weighted by Crippen LogP contribution is -2.64. The van der Waals surface area contributed by atoms with Gasteiger partial charge in [0.05, 0.1) is 18.3 Å². The first-order chi connectivity index (χ1) is 25.6. The number of Topliss-reactive ketones (excluding diaryl/α,β-unsaturated/α-hetero) is 2. The Labute approximate surface area is 322 Å².